The van der Waals surface area contributed by atoms with Crippen LogP contribution >= 0.6 is 0 Å². The van der Waals surface area contributed by atoms with Crippen LogP contribution in [0.5, 0.6) is 0 Å². The zero-order valence-corrected chi connectivity index (χ0v) is 6.36. The lowest BCUT2D eigenvalue weighted by molar-refractivity contribution is -0.121. The van der Waals surface area contributed by atoms with Gasteiger partial charge < -0.3 is 5.43 Å². The summed E-state index contributed by atoms with van der Waals surface area (Å²) in [5, 5.41) is 0. The third-order valence-electron chi connectivity index (χ3n) is 1.42. The van der Waals surface area contributed by atoms with Gasteiger partial charge in [-0.15, -0.1) is 0 Å². The van der Waals surface area contributed by atoms with Gasteiger partial charge in [0.1, 0.15) is 12.3 Å². The number of nitrogens with two attached hydrogens (primary N) is 1. The number of hydrogen-bond acceptors (Lipinski definition) is 2. The van der Waals surface area contributed by atoms with Crippen LogP contribution in [-0.2, 0) is 0 Å². The molecule has 70 valence electrons. The van der Waals surface area contributed by atoms with E-state index in [2.05, 4.69) is 4.99 Å². The van der Waals surface area contributed by atoms with E-state index in [1.54, 1.807) is 0 Å². The van der Waals surface area contributed by atoms with Crippen LogP contribution < -0.4 is 11.3 Å². The number of halogens is 3. The molecule has 1 saturated carbocycles. The molecule has 0 bridgehead atoms. The molecular weight excluding hydrogens is 171 g/mol. The van der Waals surface area contributed by atoms with Crippen molar-refractivity contribution in [2.75, 3.05) is 0 Å². The summed E-state index contributed by atoms with van der Waals surface area (Å²) in [6, 6.07) is 0.0541. The number of aliphatic imine (C=N–C) groups is 1. The number of hydrazine groups is 1. The molecule has 6 heteroatoms. The molecule has 1 fully saturated rings. The van der Waals surface area contributed by atoms with Gasteiger partial charge in [0.25, 0.3) is 0 Å². The van der Waals surface area contributed by atoms with Crippen LogP contribution in [0.25, 0.3) is 0 Å². The Hall–Kier alpha value is -0.780. The standard InChI is InChI=1S/C6H10F3N3/c7-6(8,9)3-5(12-10)11-4-1-2-4/h4H,1-3,10H2,(H,11,12). The molecule has 0 amide bonds. The van der Waals surface area contributed by atoms with Gasteiger partial charge in [0.15, 0.2) is 0 Å². The summed E-state index contributed by atoms with van der Waals surface area (Å²) in [6.07, 6.45) is -3.58. The number of hydrogen-bond donors (Lipinski definition) is 2. The van der Waals surface area contributed by atoms with Gasteiger partial charge in [0, 0.05) is 0 Å². The second kappa shape index (κ2) is 3.30. The molecular formula is C6H10F3N3. The van der Waals surface area contributed by atoms with E-state index in [1.165, 1.54) is 0 Å². The third-order valence-corrected chi connectivity index (χ3v) is 1.42. The molecule has 0 aromatic heterocycles. The highest BCUT2D eigenvalue weighted by atomic mass is 19.4. The molecule has 0 saturated heterocycles. The van der Waals surface area contributed by atoms with E-state index in [-0.39, 0.29) is 11.9 Å². The largest absolute Gasteiger partial charge is 0.396 e. The molecule has 1 rings (SSSR count). The van der Waals surface area contributed by atoms with Crippen molar-refractivity contribution in [1.29, 1.82) is 0 Å². The average molecular weight is 181 g/mol. The maximum Gasteiger partial charge on any atom is 0.396 e. The van der Waals surface area contributed by atoms with Crippen molar-refractivity contribution >= 4 is 5.84 Å². The Morgan fingerprint density at radius 2 is 2.08 bits per heavy atom. The predicted molar refractivity (Wildman–Crippen MR) is 38.5 cm³/mol. The Labute approximate surface area is 67.8 Å². The second-order valence-corrected chi connectivity index (χ2v) is 2.74. The van der Waals surface area contributed by atoms with Crippen LogP contribution in [0.3, 0.4) is 0 Å². The molecule has 0 heterocycles. The lowest BCUT2D eigenvalue weighted by Crippen LogP contribution is -2.34. The average Bonchev–Trinajstić information content (AvgIpc) is 2.67. The monoisotopic (exact) mass is 181 g/mol. The molecule has 12 heavy (non-hydrogen) atoms. The van der Waals surface area contributed by atoms with Crippen LogP contribution in [0.2, 0.25) is 0 Å². The fourth-order valence-corrected chi connectivity index (χ4v) is 0.748. The highest BCUT2D eigenvalue weighted by Crippen LogP contribution is 2.25. The molecule has 0 radical (unpaired) electrons. The van der Waals surface area contributed by atoms with Crippen LogP contribution in [0.15, 0.2) is 4.99 Å². The van der Waals surface area contributed by atoms with Crippen molar-refractivity contribution < 1.29 is 13.2 Å². The Kier molecular flexibility index (Phi) is 2.56. The van der Waals surface area contributed by atoms with Crippen LogP contribution in [0.1, 0.15) is 19.3 Å². The summed E-state index contributed by atoms with van der Waals surface area (Å²) in [4.78, 5) is 3.75. The van der Waals surface area contributed by atoms with Crippen LogP contribution in [0, 0.1) is 0 Å². The SMILES string of the molecule is NNC(CC(F)(F)F)=NC1CC1. The molecule has 3 nitrogen and oxygen atoms in total. The van der Waals surface area contributed by atoms with Gasteiger partial charge in [-0.2, -0.15) is 13.2 Å². The second-order valence-electron chi connectivity index (χ2n) is 2.74. The van der Waals surface area contributed by atoms with Gasteiger partial charge in [-0.3, -0.25) is 4.99 Å². The normalized spacial score (nSPS) is 19.5. The smallest absolute Gasteiger partial charge is 0.312 e. The van der Waals surface area contributed by atoms with Gasteiger partial charge in [-0.05, 0) is 12.8 Å². The summed E-state index contributed by atoms with van der Waals surface area (Å²) in [7, 11) is 0. The molecule has 3 N–H and O–H groups in total. The van der Waals surface area contributed by atoms with Crippen molar-refractivity contribution in [1.82, 2.24) is 5.43 Å². The first-order valence-corrected chi connectivity index (χ1v) is 3.61. The minimum atomic E-state index is -4.24. The topological polar surface area (TPSA) is 50.4 Å². The van der Waals surface area contributed by atoms with Crippen LogP contribution in [0.4, 0.5) is 13.2 Å². The number of alkyl halides is 3. The van der Waals surface area contributed by atoms with E-state index < -0.39 is 12.6 Å². The van der Waals surface area contributed by atoms with E-state index in [0.717, 1.165) is 12.8 Å². The van der Waals surface area contributed by atoms with Crippen molar-refractivity contribution in [2.45, 2.75) is 31.5 Å². The van der Waals surface area contributed by atoms with E-state index in [9.17, 15) is 13.2 Å². The first-order chi connectivity index (χ1) is 5.51. The summed E-state index contributed by atoms with van der Waals surface area (Å²) in [5.74, 6) is 4.70. The molecule has 0 aromatic carbocycles. The number of amidine groups is 1. The van der Waals surface area contributed by atoms with Crippen molar-refractivity contribution in [2.24, 2.45) is 10.8 Å². The first kappa shape index (κ1) is 9.31. The van der Waals surface area contributed by atoms with Crippen molar-refractivity contribution in [3.63, 3.8) is 0 Å². The molecule has 1 aliphatic carbocycles. The summed E-state index contributed by atoms with van der Waals surface area (Å²) in [5.41, 5.74) is 1.96. The lowest BCUT2D eigenvalue weighted by Gasteiger charge is -2.08. The Bertz CT molecular complexity index is 183. The number of nitrogens with zero attached hydrogens (tertiary/aromatic N) is 1. The molecule has 0 unspecified atom stereocenters. The molecule has 0 spiro atoms. The Morgan fingerprint density at radius 1 is 1.50 bits per heavy atom. The molecule has 0 aromatic rings. The van der Waals surface area contributed by atoms with E-state index in [4.69, 9.17) is 5.84 Å². The number of nitrogens with one attached hydrogen (secondary N) is 1. The zero-order valence-electron chi connectivity index (χ0n) is 6.36. The maximum absolute atomic E-state index is 11.8. The summed E-state index contributed by atoms with van der Waals surface area (Å²) < 4.78 is 35.4. The van der Waals surface area contributed by atoms with E-state index in [0.29, 0.717) is 0 Å². The Balaban J connectivity index is 2.44. The number of rotatable bonds is 2. The molecule has 0 atom stereocenters. The van der Waals surface area contributed by atoms with Crippen LogP contribution in [-0.4, -0.2) is 18.1 Å². The quantitative estimate of drug-likeness (QED) is 0.288. The molecule has 0 aliphatic heterocycles. The molecule has 1 aliphatic rings. The first-order valence-electron chi connectivity index (χ1n) is 3.61. The minimum absolute atomic E-state index is 0.0541. The van der Waals surface area contributed by atoms with E-state index in [1.807, 2.05) is 5.43 Å². The van der Waals surface area contributed by atoms with Gasteiger partial charge >= 0.3 is 6.18 Å². The van der Waals surface area contributed by atoms with Gasteiger partial charge in [-0.1, -0.05) is 0 Å². The Morgan fingerprint density at radius 3 is 2.42 bits per heavy atom. The van der Waals surface area contributed by atoms with E-state index >= 15 is 0 Å². The lowest BCUT2D eigenvalue weighted by atomic mass is 10.4. The van der Waals surface area contributed by atoms with Gasteiger partial charge in [0.05, 0.1) is 6.04 Å². The fraction of sp³-hybridized carbons (Fsp3) is 0.833. The highest BCUT2D eigenvalue weighted by Gasteiger charge is 2.31. The predicted octanol–water partition coefficient (Wildman–Crippen LogP) is 0.963. The zero-order chi connectivity index (χ0) is 9.19. The van der Waals surface area contributed by atoms with Crippen molar-refractivity contribution in [3.8, 4) is 0 Å². The van der Waals surface area contributed by atoms with Gasteiger partial charge in [0.2, 0.25) is 0 Å². The highest BCUT2D eigenvalue weighted by molar-refractivity contribution is 5.82. The van der Waals surface area contributed by atoms with Crippen molar-refractivity contribution in [3.05, 3.63) is 0 Å². The van der Waals surface area contributed by atoms with Gasteiger partial charge in [-0.25, -0.2) is 5.84 Å². The maximum atomic E-state index is 11.8. The third kappa shape index (κ3) is 3.56. The minimum Gasteiger partial charge on any atom is -0.312 e. The summed E-state index contributed by atoms with van der Waals surface area (Å²) in [6.45, 7) is 0. The fourth-order valence-electron chi connectivity index (χ4n) is 0.748. The summed E-state index contributed by atoms with van der Waals surface area (Å²) >= 11 is 0.